The number of benzene rings is 4. The van der Waals surface area contributed by atoms with Crippen molar-refractivity contribution in [2.24, 2.45) is 0 Å². The summed E-state index contributed by atoms with van der Waals surface area (Å²) in [6.45, 7) is 2.00. The molecule has 0 heterocycles. The van der Waals surface area contributed by atoms with E-state index in [-0.39, 0.29) is 18.9 Å². The molecule has 0 radical (unpaired) electrons. The van der Waals surface area contributed by atoms with E-state index in [1.54, 1.807) is 17.8 Å². The molecular weight excluding hydrogens is 513 g/mol. The van der Waals surface area contributed by atoms with Crippen LogP contribution in [0.5, 0.6) is 11.5 Å². The number of hydrogen-bond acceptors (Lipinski definition) is 4. The second-order valence-electron chi connectivity index (χ2n) is 9.05. The number of ether oxygens (including phenoxy) is 1. The van der Waals surface area contributed by atoms with Crippen LogP contribution in [0.4, 0.5) is 0 Å². The maximum absolute atomic E-state index is 13.3. The van der Waals surface area contributed by atoms with Crippen LogP contribution in [0.1, 0.15) is 33.5 Å². The van der Waals surface area contributed by atoms with E-state index in [4.69, 9.17) is 4.74 Å². The number of hydrogen-bond donors (Lipinski definition) is 2. The van der Waals surface area contributed by atoms with E-state index in [1.807, 2.05) is 116 Å². The Balaban J connectivity index is 0.00000441. The molecule has 1 atom stereocenters. The number of rotatable bonds is 11. The van der Waals surface area contributed by atoms with Gasteiger partial charge in [-0.3, -0.25) is 4.79 Å². The van der Waals surface area contributed by atoms with Crippen molar-refractivity contribution >= 4 is 54.7 Å². The summed E-state index contributed by atoms with van der Waals surface area (Å²) in [5.41, 5.74) is 4.93. The van der Waals surface area contributed by atoms with Crippen molar-refractivity contribution in [2.45, 2.75) is 19.4 Å². The summed E-state index contributed by atoms with van der Waals surface area (Å²) in [5.74, 6) is 0.693. The number of aryl methyl sites for hydroxylation is 1. The van der Waals surface area contributed by atoms with Crippen LogP contribution in [0.25, 0.3) is 23.3 Å². The molecule has 0 bridgehead atoms. The minimum atomic E-state index is -1.04. The van der Waals surface area contributed by atoms with Gasteiger partial charge < -0.3 is 15.2 Å². The monoisotopic (exact) mass is 545 g/mol. The Bertz CT molecular complexity index is 1470. The van der Waals surface area contributed by atoms with Crippen molar-refractivity contribution in [3.63, 3.8) is 0 Å². The maximum atomic E-state index is 13.3. The first kappa shape index (κ1) is 30.8. The molecule has 4 rings (SSSR count). The number of carbonyl (C=O) groups is 2. The molecule has 4 aromatic rings. The summed E-state index contributed by atoms with van der Waals surface area (Å²) in [7, 11) is 0. The standard InChI is InChI=1S/C33H31NO4S.Li.H/c1-23-10-6-8-14-27(23)29-22-24(17-19-28(29)32(35)34-30(33(36)37)20-21-39-2)16-18-25-11-7-9-15-31(25)38-26-12-4-3-5-13-26;;/h3-19,22,30H,20-21H2,1-2H3,(H,34,35)(H,36,37);;/b18-16+;;. The summed E-state index contributed by atoms with van der Waals surface area (Å²) in [4.78, 5) is 25.1. The van der Waals surface area contributed by atoms with Crippen LogP contribution in [0.15, 0.2) is 97.1 Å². The Labute approximate surface area is 251 Å². The summed E-state index contributed by atoms with van der Waals surface area (Å²) in [5, 5.41) is 12.3. The van der Waals surface area contributed by atoms with Crippen molar-refractivity contribution in [3.05, 3.63) is 119 Å². The van der Waals surface area contributed by atoms with Gasteiger partial charge in [0.05, 0.1) is 0 Å². The number of carbonyl (C=O) groups excluding carboxylic acids is 1. The third kappa shape index (κ3) is 8.16. The average molecular weight is 546 g/mol. The van der Waals surface area contributed by atoms with E-state index in [0.29, 0.717) is 17.7 Å². The Morgan fingerprint density at radius 1 is 0.900 bits per heavy atom. The first-order chi connectivity index (χ1) is 19.0. The minimum absolute atomic E-state index is 0. The van der Waals surface area contributed by atoms with Gasteiger partial charge in [0, 0.05) is 11.1 Å². The van der Waals surface area contributed by atoms with Gasteiger partial charge in [0.2, 0.25) is 0 Å². The van der Waals surface area contributed by atoms with E-state index in [9.17, 15) is 14.7 Å². The number of thioether (sulfide) groups is 1. The molecule has 0 fully saturated rings. The Hall–Kier alpha value is -3.69. The van der Waals surface area contributed by atoms with Gasteiger partial charge in [0.25, 0.3) is 5.91 Å². The molecule has 2 N–H and O–H groups in total. The zero-order valence-corrected chi connectivity index (χ0v) is 22.8. The van der Waals surface area contributed by atoms with Gasteiger partial charge in [-0.1, -0.05) is 78.9 Å². The molecule has 0 saturated carbocycles. The molecular formula is C33H32LiNO4S. The van der Waals surface area contributed by atoms with Gasteiger partial charge in [-0.2, -0.15) is 11.8 Å². The fourth-order valence-electron chi connectivity index (χ4n) is 4.20. The van der Waals surface area contributed by atoms with Gasteiger partial charge in [-0.25, -0.2) is 4.79 Å². The van der Waals surface area contributed by atoms with Crippen LogP contribution in [0.3, 0.4) is 0 Å². The fraction of sp³-hybridized carbons (Fsp3) is 0.152. The van der Waals surface area contributed by atoms with Gasteiger partial charge in [0.1, 0.15) is 17.5 Å². The summed E-state index contributed by atoms with van der Waals surface area (Å²) < 4.78 is 6.09. The van der Waals surface area contributed by atoms with Crippen molar-refractivity contribution in [1.82, 2.24) is 5.32 Å². The van der Waals surface area contributed by atoms with Crippen molar-refractivity contribution in [3.8, 4) is 22.6 Å². The van der Waals surface area contributed by atoms with E-state index in [2.05, 4.69) is 5.32 Å². The number of nitrogens with one attached hydrogen (secondary N) is 1. The SMILES string of the molecule is CSCCC(NC(=O)c1ccc(/C=C/c2ccccc2Oc2ccccc2)cc1-c1ccccc1C)C(=O)O.[LiH]. The van der Waals surface area contributed by atoms with E-state index in [0.717, 1.165) is 39.3 Å². The van der Waals surface area contributed by atoms with Crippen molar-refractivity contribution < 1.29 is 19.4 Å². The summed E-state index contributed by atoms with van der Waals surface area (Å²) >= 11 is 1.55. The fourth-order valence-corrected chi connectivity index (χ4v) is 4.67. The number of amides is 1. The third-order valence-electron chi connectivity index (χ3n) is 6.28. The number of carboxylic acids is 1. The van der Waals surface area contributed by atoms with Gasteiger partial charge in [-0.05, 0) is 77.9 Å². The normalized spacial score (nSPS) is 11.4. The number of para-hydroxylation sites is 2. The molecule has 1 amide bonds. The zero-order chi connectivity index (χ0) is 27.6. The molecule has 0 saturated heterocycles. The van der Waals surface area contributed by atoms with Gasteiger partial charge in [-0.15, -0.1) is 0 Å². The molecule has 40 heavy (non-hydrogen) atoms. The molecule has 0 aliphatic rings. The van der Waals surface area contributed by atoms with Crippen molar-refractivity contribution in [1.29, 1.82) is 0 Å². The van der Waals surface area contributed by atoms with E-state index in [1.165, 1.54) is 0 Å². The quantitative estimate of drug-likeness (QED) is 0.158. The molecule has 0 spiro atoms. The zero-order valence-electron chi connectivity index (χ0n) is 22.0. The molecule has 7 heteroatoms. The van der Waals surface area contributed by atoms with Crippen LogP contribution in [0, 0.1) is 6.92 Å². The van der Waals surface area contributed by atoms with Crippen LogP contribution in [-0.2, 0) is 4.79 Å². The molecule has 1 unspecified atom stereocenters. The molecule has 200 valence electrons. The number of carboxylic acid groups (broad SMARTS) is 1. The summed E-state index contributed by atoms with van der Waals surface area (Å²) in [6.07, 6.45) is 6.23. The molecule has 0 aliphatic carbocycles. The van der Waals surface area contributed by atoms with Gasteiger partial charge >= 0.3 is 24.8 Å². The Morgan fingerprint density at radius 2 is 1.60 bits per heavy atom. The average Bonchev–Trinajstić information content (AvgIpc) is 2.95. The Kier molecular flexibility index (Phi) is 11.7. The molecule has 0 aromatic heterocycles. The number of aliphatic carboxylic acids is 1. The summed E-state index contributed by atoms with van der Waals surface area (Å²) in [6, 6.07) is 29.9. The Morgan fingerprint density at radius 3 is 2.33 bits per heavy atom. The van der Waals surface area contributed by atoms with E-state index < -0.39 is 17.9 Å². The predicted octanol–water partition coefficient (Wildman–Crippen LogP) is 6.91. The second-order valence-corrected chi connectivity index (χ2v) is 10.0. The van der Waals surface area contributed by atoms with Crippen LogP contribution in [0.2, 0.25) is 0 Å². The van der Waals surface area contributed by atoms with Crippen LogP contribution < -0.4 is 10.1 Å². The van der Waals surface area contributed by atoms with E-state index >= 15 is 0 Å². The third-order valence-corrected chi connectivity index (χ3v) is 6.93. The predicted molar refractivity (Wildman–Crippen MR) is 168 cm³/mol. The molecule has 4 aromatic carbocycles. The topological polar surface area (TPSA) is 75.6 Å². The van der Waals surface area contributed by atoms with Gasteiger partial charge in [0.15, 0.2) is 0 Å². The molecule has 5 nitrogen and oxygen atoms in total. The molecule has 0 aliphatic heterocycles. The van der Waals surface area contributed by atoms with Crippen LogP contribution >= 0.6 is 11.8 Å². The second kappa shape index (κ2) is 15.2. The first-order valence-electron chi connectivity index (χ1n) is 12.7. The first-order valence-corrected chi connectivity index (χ1v) is 14.1. The van der Waals surface area contributed by atoms with Crippen molar-refractivity contribution in [2.75, 3.05) is 12.0 Å². The van der Waals surface area contributed by atoms with Crippen LogP contribution in [-0.4, -0.2) is 53.9 Å².